The highest BCUT2D eigenvalue weighted by Crippen LogP contribution is 2.13. The number of carbonyl (C=O) groups excluding carboxylic acids is 3. The van der Waals surface area contributed by atoms with E-state index in [0.29, 0.717) is 19.3 Å². The molecule has 58 heavy (non-hydrogen) atoms. The SMILES string of the molecule is CC/C=C\C/C=C\C/C=C\CCCCC(=O)OC(COC(=O)CCCCCCC/C=C\CCCC)COC(=O)CCCCCCCCC/C=C\C/C=C\CCCCC. The molecular formula is C52H88O6. The van der Waals surface area contributed by atoms with Crippen LogP contribution in [0.4, 0.5) is 0 Å². The van der Waals surface area contributed by atoms with Gasteiger partial charge in [0, 0.05) is 19.3 Å². The van der Waals surface area contributed by atoms with Gasteiger partial charge in [-0.05, 0) is 103 Å². The lowest BCUT2D eigenvalue weighted by Crippen LogP contribution is -2.30. The molecule has 0 aliphatic carbocycles. The lowest BCUT2D eigenvalue weighted by atomic mass is 10.1. The third-order valence-electron chi connectivity index (χ3n) is 9.91. The van der Waals surface area contributed by atoms with Gasteiger partial charge in [0.1, 0.15) is 13.2 Å². The molecule has 0 aliphatic heterocycles. The maximum atomic E-state index is 12.7. The van der Waals surface area contributed by atoms with Crippen molar-refractivity contribution in [3.63, 3.8) is 0 Å². The van der Waals surface area contributed by atoms with Gasteiger partial charge in [0.2, 0.25) is 0 Å². The van der Waals surface area contributed by atoms with Crippen molar-refractivity contribution in [2.75, 3.05) is 13.2 Å². The molecule has 0 rings (SSSR count). The average molecular weight is 809 g/mol. The summed E-state index contributed by atoms with van der Waals surface area (Å²) in [5.41, 5.74) is 0. The van der Waals surface area contributed by atoms with Crippen molar-refractivity contribution in [1.82, 2.24) is 0 Å². The van der Waals surface area contributed by atoms with E-state index in [4.69, 9.17) is 14.2 Å². The van der Waals surface area contributed by atoms with Crippen LogP contribution in [0.1, 0.15) is 220 Å². The molecule has 6 nitrogen and oxygen atoms in total. The number of unbranched alkanes of at least 4 members (excludes halogenated alkanes) is 19. The van der Waals surface area contributed by atoms with Crippen molar-refractivity contribution in [2.24, 2.45) is 0 Å². The zero-order valence-corrected chi connectivity index (χ0v) is 37.8. The first kappa shape index (κ1) is 54.9. The molecular weight excluding hydrogens is 721 g/mol. The van der Waals surface area contributed by atoms with Gasteiger partial charge < -0.3 is 14.2 Å². The maximum Gasteiger partial charge on any atom is 0.306 e. The molecule has 6 heteroatoms. The Hall–Kier alpha value is -3.15. The second-order valence-corrected chi connectivity index (χ2v) is 15.6. The summed E-state index contributed by atoms with van der Waals surface area (Å²) in [6.07, 6.45) is 57.4. The third-order valence-corrected chi connectivity index (χ3v) is 9.91. The van der Waals surface area contributed by atoms with Crippen LogP contribution >= 0.6 is 0 Å². The lowest BCUT2D eigenvalue weighted by molar-refractivity contribution is -0.167. The monoisotopic (exact) mass is 809 g/mol. The zero-order valence-electron chi connectivity index (χ0n) is 37.8. The molecule has 332 valence electrons. The molecule has 0 fully saturated rings. The van der Waals surface area contributed by atoms with Crippen molar-refractivity contribution in [3.05, 3.63) is 72.9 Å². The first-order valence-corrected chi connectivity index (χ1v) is 23.9. The Morgan fingerprint density at radius 2 is 0.690 bits per heavy atom. The van der Waals surface area contributed by atoms with E-state index in [1.807, 2.05) is 0 Å². The smallest absolute Gasteiger partial charge is 0.306 e. The van der Waals surface area contributed by atoms with E-state index >= 15 is 0 Å². The summed E-state index contributed by atoms with van der Waals surface area (Å²) in [7, 11) is 0. The van der Waals surface area contributed by atoms with Crippen LogP contribution in [0.3, 0.4) is 0 Å². The number of hydrogen-bond donors (Lipinski definition) is 0. The van der Waals surface area contributed by atoms with Gasteiger partial charge in [-0.1, -0.05) is 171 Å². The van der Waals surface area contributed by atoms with Crippen molar-refractivity contribution >= 4 is 17.9 Å². The fourth-order valence-electron chi connectivity index (χ4n) is 6.29. The van der Waals surface area contributed by atoms with Crippen LogP contribution in [0.5, 0.6) is 0 Å². The molecule has 0 N–H and O–H groups in total. The van der Waals surface area contributed by atoms with Crippen molar-refractivity contribution in [3.8, 4) is 0 Å². The van der Waals surface area contributed by atoms with Crippen molar-refractivity contribution in [2.45, 2.75) is 226 Å². The van der Waals surface area contributed by atoms with E-state index in [0.717, 1.165) is 96.3 Å². The first-order valence-electron chi connectivity index (χ1n) is 23.9. The maximum absolute atomic E-state index is 12.7. The Balaban J connectivity index is 4.42. The third kappa shape index (κ3) is 44.0. The number of ether oxygens (including phenoxy) is 3. The van der Waals surface area contributed by atoms with Crippen LogP contribution in [0.2, 0.25) is 0 Å². The highest BCUT2D eigenvalue weighted by Gasteiger charge is 2.19. The summed E-state index contributed by atoms with van der Waals surface area (Å²) in [6, 6.07) is 0. The second kappa shape index (κ2) is 46.5. The summed E-state index contributed by atoms with van der Waals surface area (Å²) in [4.78, 5) is 37.8. The van der Waals surface area contributed by atoms with Crippen LogP contribution in [0.25, 0.3) is 0 Å². The van der Waals surface area contributed by atoms with E-state index < -0.39 is 6.10 Å². The predicted molar refractivity (Wildman–Crippen MR) is 247 cm³/mol. The fraction of sp³-hybridized carbons (Fsp3) is 0.712. The summed E-state index contributed by atoms with van der Waals surface area (Å²) < 4.78 is 16.7. The molecule has 1 unspecified atom stereocenters. The molecule has 0 heterocycles. The molecule has 0 amide bonds. The highest BCUT2D eigenvalue weighted by atomic mass is 16.6. The van der Waals surface area contributed by atoms with Gasteiger partial charge in [0.25, 0.3) is 0 Å². The van der Waals surface area contributed by atoms with Gasteiger partial charge in [-0.2, -0.15) is 0 Å². The average Bonchev–Trinajstić information content (AvgIpc) is 3.22. The van der Waals surface area contributed by atoms with Gasteiger partial charge in [-0.3, -0.25) is 14.4 Å². The van der Waals surface area contributed by atoms with Gasteiger partial charge in [0.05, 0.1) is 0 Å². The van der Waals surface area contributed by atoms with Gasteiger partial charge >= 0.3 is 17.9 Å². The van der Waals surface area contributed by atoms with Crippen LogP contribution in [0.15, 0.2) is 72.9 Å². The highest BCUT2D eigenvalue weighted by molar-refractivity contribution is 5.71. The molecule has 0 aromatic rings. The summed E-state index contributed by atoms with van der Waals surface area (Å²) >= 11 is 0. The van der Waals surface area contributed by atoms with Crippen molar-refractivity contribution in [1.29, 1.82) is 0 Å². The number of rotatable bonds is 42. The Kier molecular flexibility index (Phi) is 44.0. The minimum atomic E-state index is -0.800. The van der Waals surface area contributed by atoms with E-state index in [2.05, 4.69) is 93.7 Å². The number of hydrogen-bond acceptors (Lipinski definition) is 6. The second-order valence-electron chi connectivity index (χ2n) is 15.6. The molecule has 0 aliphatic rings. The first-order chi connectivity index (χ1) is 28.5. The quantitative estimate of drug-likeness (QED) is 0.0264. The van der Waals surface area contributed by atoms with Gasteiger partial charge in [0.15, 0.2) is 6.10 Å². The van der Waals surface area contributed by atoms with Crippen LogP contribution in [-0.2, 0) is 28.6 Å². The fourth-order valence-corrected chi connectivity index (χ4v) is 6.29. The molecule has 0 aromatic heterocycles. The van der Waals surface area contributed by atoms with Gasteiger partial charge in [-0.25, -0.2) is 0 Å². The largest absolute Gasteiger partial charge is 0.462 e. The van der Waals surface area contributed by atoms with Crippen LogP contribution in [0, 0.1) is 0 Å². The number of carbonyl (C=O) groups is 3. The minimum absolute atomic E-state index is 0.0983. The Morgan fingerprint density at radius 1 is 0.362 bits per heavy atom. The molecule has 0 saturated heterocycles. The van der Waals surface area contributed by atoms with E-state index in [1.165, 1.54) is 77.0 Å². The summed E-state index contributed by atoms with van der Waals surface area (Å²) in [5, 5.41) is 0. The molecule has 0 aromatic carbocycles. The van der Waals surface area contributed by atoms with Crippen LogP contribution < -0.4 is 0 Å². The summed E-state index contributed by atoms with van der Waals surface area (Å²) in [5.74, 6) is -0.959. The number of esters is 3. The Morgan fingerprint density at radius 3 is 1.16 bits per heavy atom. The molecule has 0 saturated carbocycles. The molecule has 0 radical (unpaired) electrons. The normalized spacial score (nSPS) is 12.7. The van der Waals surface area contributed by atoms with E-state index in [9.17, 15) is 14.4 Å². The van der Waals surface area contributed by atoms with E-state index in [-0.39, 0.29) is 37.5 Å². The lowest BCUT2D eigenvalue weighted by Gasteiger charge is -2.18. The van der Waals surface area contributed by atoms with E-state index in [1.54, 1.807) is 0 Å². The van der Waals surface area contributed by atoms with Gasteiger partial charge in [-0.15, -0.1) is 0 Å². The molecule has 0 spiro atoms. The summed E-state index contributed by atoms with van der Waals surface area (Å²) in [6.45, 7) is 6.39. The standard InChI is InChI=1S/C52H88O6/c1-4-7-10-13-16-19-22-24-25-26-27-28-31-33-36-39-42-45-51(54)57-48-49(47-56-50(53)44-41-38-35-32-29-21-18-15-12-9-6-3)58-52(55)46-43-40-37-34-30-23-20-17-14-11-8-5-2/h8,11,15-20,24-25,30,34,49H,4-7,9-10,12-14,21-23,26-29,31-33,35-48H2,1-3H3/b11-8-,18-15-,19-16-,20-17-,25-24-,34-30-. The topological polar surface area (TPSA) is 78.9 Å². The molecule has 0 bridgehead atoms. The zero-order chi connectivity index (χ0) is 42.3. The predicted octanol–water partition coefficient (Wildman–Crippen LogP) is 15.5. The Labute approximate surface area is 357 Å². The van der Waals surface area contributed by atoms with Crippen LogP contribution in [-0.4, -0.2) is 37.2 Å². The minimum Gasteiger partial charge on any atom is -0.462 e. The van der Waals surface area contributed by atoms with Crippen molar-refractivity contribution < 1.29 is 28.6 Å². The number of allylic oxidation sites excluding steroid dienone is 12. The Bertz CT molecular complexity index is 1110. The molecule has 1 atom stereocenters.